The molecule has 0 aliphatic heterocycles. The highest BCUT2D eigenvalue weighted by molar-refractivity contribution is 5.89. The fourth-order valence-corrected chi connectivity index (χ4v) is 4.35. The van der Waals surface area contributed by atoms with Crippen molar-refractivity contribution in [1.82, 2.24) is 4.57 Å². The fourth-order valence-electron chi connectivity index (χ4n) is 4.35. The third-order valence-electron chi connectivity index (χ3n) is 6.50. The molecule has 0 spiro atoms. The van der Waals surface area contributed by atoms with Crippen molar-refractivity contribution in [3.8, 4) is 17.2 Å². The number of rotatable bonds is 14. The number of aryl methyl sites for hydroxylation is 1. The highest BCUT2D eigenvalue weighted by Gasteiger charge is 2.19. The van der Waals surface area contributed by atoms with Crippen LogP contribution in [0.4, 0.5) is 0 Å². The van der Waals surface area contributed by atoms with E-state index in [4.69, 9.17) is 14.2 Å². The van der Waals surface area contributed by atoms with Crippen molar-refractivity contribution < 1.29 is 14.2 Å². The highest BCUT2D eigenvalue weighted by atomic mass is 16.5. The lowest BCUT2D eigenvalue weighted by atomic mass is 10.1. The van der Waals surface area contributed by atoms with Crippen molar-refractivity contribution in [3.63, 3.8) is 0 Å². The van der Waals surface area contributed by atoms with E-state index in [1.807, 2.05) is 78.9 Å². The van der Waals surface area contributed by atoms with Crippen LogP contribution in [0.5, 0.6) is 17.2 Å². The van der Waals surface area contributed by atoms with Gasteiger partial charge in [-0.15, -0.1) is 0 Å². The zero-order valence-corrected chi connectivity index (χ0v) is 21.9. The van der Waals surface area contributed by atoms with Gasteiger partial charge in [0.05, 0.1) is 12.1 Å². The van der Waals surface area contributed by atoms with Crippen LogP contribution in [0.15, 0.2) is 83.7 Å². The van der Waals surface area contributed by atoms with Crippen molar-refractivity contribution in [2.75, 3.05) is 6.61 Å². The van der Waals surface area contributed by atoms with Gasteiger partial charge in [-0.3, -0.25) is 4.79 Å². The molecule has 0 fully saturated rings. The van der Waals surface area contributed by atoms with Gasteiger partial charge >= 0.3 is 0 Å². The van der Waals surface area contributed by atoms with Crippen LogP contribution >= 0.6 is 0 Å². The minimum atomic E-state index is -0.207. The van der Waals surface area contributed by atoms with Crippen molar-refractivity contribution in [3.05, 3.63) is 100 Å². The first-order chi connectivity index (χ1) is 18.2. The molecule has 0 atom stereocenters. The van der Waals surface area contributed by atoms with Gasteiger partial charge in [0.1, 0.15) is 19.0 Å². The van der Waals surface area contributed by atoms with E-state index in [1.54, 1.807) is 11.6 Å². The van der Waals surface area contributed by atoms with E-state index in [1.165, 1.54) is 25.7 Å². The van der Waals surface area contributed by atoms with E-state index >= 15 is 0 Å². The number of ether oxygens (including phenoxy) is 3. The Morgan fingerprint density at radius 1 is 0.676 bits per heavy atom. The molecule has 1 heterocycles. The Labute approximate surface area is 219 Å². The van der Waals surface area contributed by atoms with E-state index in [2.05, 4.69) is 6.92 Å². The van der Waals surface area contributed by atoms with Crippen LogP contribution in [0, 0.1) is 0 Å². The third-order valence-corrected chi connectivity index (χ3v) is 6.50. The average molecular weight is 500 g/mol. The maximum absolute atomic E-state index is 13.4. The molecular formula is C32H37NO4. The van der Waals surface area contributed by atoms with E-state index in [0.717, 1.165) is 34.9 Å². The zero-order chi connectivity index (χ0) is 25.9. The number of hydrogen-bond acceptors (Lipinski definition) is 4. The minimum absolute atomic E-state index is 0.207. The number of hydrogen-bond donors (Lipinski definition) is 0. The number of benzene rings is 3. The first-order valence-electron chi connectivity index (χ1n) is 13.3. The van der Waals surface area contributed by atoms with E-state index < -0.39 is 0 Å². The van der Waals surface area contributed by atoms with Gasteiger partial charge in [-0.2, -0.15) is 0 Å². The monoisotopic (exact) mass is 499 g/mol. The number of unbranched alkanes of at least 4 members (excludes halogenated alkanes) is 5. The summed E-state index contributed by atoms with van der Waals surface area (Å²) < 4.78 is 20.0. The van der Waals surface area contributed by atoms with Gasteiger partial charge in [0.25, 0.3) is 5.56 Å². The van der Waals surface area contributed by atoms with E-state index in [0.29, 0.717) is 31.3 Å². The molecule has 3 aromatic carbocycles. The Bertz CT molecular complexity index is 1320. The van der Waals surface area contributed by atoms with Crippen LogP contribution in [0.3, 0.4) is 0 Å². The van der Waals surface area contributed by atoms with Gasteiger partial charge in [-0.1, -0.05) is 99.7 Å². The summed E-state index contributed by atoms with van der Waals surface area (Å²) in [6.07, 6.45) is 6.93. The highest BCUT2D eigenvalue weighted by Crippen LogP contribution is 2.35. The van der Waals surface area contributed by atoms with E-state index in [9.17, 15) is 4.79 Å². The summed E-state index contributed by atoms with van der Waals surface area (Å²) in [7, 11) is 1.77. The molecule has 5 nitrogen and oxygen atoms in total. The smallest absolute Gasteiger partial charge is 0.297 e. The Hall–Kier alpha value is -3.73. The molecule has 0 amide bonds. The molecule has 0 bridgehead atoms. The second-order valence-corrected chi connectivity index (χ2v) is 9.37. The van der Waals surface area contributed by atoms with Gasteiger partial charge in [0.15, 0.2) is 5.75 Å². The minimum Gasteiger partial charge on any atom is -0.489 e. The van der Waals surface area contributed by atoms with Crippen LogP contribution in [-0.4, -0.2) is 11.2 Å². The number of aromatic nitrogens is 1. The summed E-state index contributed by atoms with van der Waals surface area (Å²) in [5.41, 5.74) is 2.65. The standard InChI is InChI=1S/C32H37NO4/c1-3-4-5-6-7-14-21-35-31-30(37-24-26-17-12-9-13-18-26)28-20-19-27(22-29(28)33(2)32(31)34)36-23-25-15-10-8-11-16-25/h8-13,15-20,22H,3-7,14,21,23-24H2,1-2H3. The molecule has 0 aliphatic rings. The first kappa shape index (κ1) is 26.3. The molecule has 4 rings (SSSR count). The molecule has 5 heteroatoms. The normalized spacial score (nSPS) is 11.0. The Morgan fingerprint density at radius 2 is 1.30 bits per heavy atom. The van der Waals surface area contributed by atoms with Gasteiger partial charge in [-0.05, 0) is 29.7 Å². The van der Waals surface area contributed by atoms with Gasteiger partial charge in [-0.25, -0.2) is 0 Å². The molecule has 37 heavy (non-hydrogen) atoms. The number of nitrogens with zero attached hydrogens (tertiary/aromatic N) is 1. The quantitative estimate of drug-likeness (QED) is 0.169. The summed E-state index contributed by atoms with van der Waals surface area (Å²) in [6.45, 7) is 3.51. The fraction of sp³-hybridized carbons (Fsp3) is 0.344. The zero-order valence-electron chi connectivity index (χ0n) is 21.9. The molecule has 0 unspecified atom stereocenters. The Balaban J connectivity index is 1.58. The lowest BCUT2D eigenvalue weighted by Crippen LogP contribution is -2.21. The second kappa shape index (κ2) is 13.5. The molecule has 0 saturated heterocycles. The lowest BCUT2D eigenvalue weighted by Gasteiger charge is -2.18. The van der Waals surface area contributed by atoms with Gasteiger partial charge < -0.3 is 18.8 Å². The van der Waals surface area contributed by atoms with E-state index in [-0.39, 0.29) is 11.3 Å². The van der Waals surface area contributed by atoms with Crippen LogP contribution in [-0.2, 0) is 20.3 Å². The Kier molecular flexibility index (Phi) is 9.64. The maximum Gasteiger partial charge on any atom is 0.297 e. The van der Waals surface area contributed by atoms with Gasteiger partial charge in [0.2, 0.25) is 5.75 Å². The lowest BCUT2D eigenvalue weighted by molar-refractivity contribution is 0.255. The van der Waals surface area contributed by atoms with Crippen molar-refractivity contribution in [2.45, 2.75) is 58.7 Å². The summed E-state index contributed by atoms with van der Waals surface area (Å²) >= 11 is 0. The second-order valence-electron chi connectivity index (χ2n) is 9.37. The molecule has 4 aromatic rings. The summed E-state index contributed by atoms with van der Waals surface area (Å²) in [6, 6.07) is 25.7. The molecule has 1 aromatic heterocycles. The average Bonchev–Trinajstić information content (AvgIpc) is 2.94. The number of fused-ring (bicyclic) bond motifs is 1. The third kappa shape index (κ3) is 7.16. The van der Waals surface area contributed by atoms with Crippen LogP contribution in [0.1, 0.15) is 56.6 Å². The molecule has 0 N–H and O–H groups in total. The predicted octanol–water partition coefficient (Wildman–Crippen LogP) is 7.44. The largest absolute Gasteiger partial charge is 0.489 e. The topological polar surface area (TPSA) is 49.7 Å². The Morgan fingerprint density at radius 3 is 1.97 bits per heavy atom. The van der Waals surface area contributed by atoms with Crippen molar-refractivity contribution in [1.29, 1.82) is 0 Å². The van der Waals surface area contributed by atoms with Crippen LogP contribution < -0.4 is 19.8 Å². The molecule has 0 saturated carbocycles. The SMILES string of the molecule is CCCCCCCCOc1c(OCc2ccccc2)c2ccc(OCc3ccccc3)cc2n(C)c1=O. The molecule has 0 radical (unpaired) electrons. The molecular weight excluding hydrogens is 462 g/mol. The number of pyridine rings is 1. The van der Waals surface area contributed by atoms with Gasteiger partial charge in [0, 0.05) is 18.5 Å². The first-order valence-corrected chi connectivity index (χ1v) is 13.3. The summed E-state index contributed by atoms with van der Waals surface area (Å²) in [5, 5.41) is 0.822. The predicted molar refractivity (Wildman–Crippen MR) is 150 cm³/mol. The van der Waals surface area contributed by atoms with Crippen LogP contribution in [0.2, 0.25) is 0 Å². The summed E-state index contributed by atoms with van der Waals surface area (Å²) in [5.74, 6) is 1.46. The molecule has 194 valence electrons. The summed E-state index contributed by atoms with van der Waals surface area (Å²) in [4.78, 5) is 13.4. The molecule has 0 aliphatic carbocycles. The van der Waals surface area contributed by atoms with Crippen LogP contribution in [0.25, 0.3) is 10.9 Å². The maximum atomic E-state index is 13.4. The van der Waals surface area contributed by atoms with Crippen molar-refractivity contribution >= 4 is 10.9 Å². The van der Waals surface area contributed by atoms with Crippen molar-refractivity contribution in [2.24, 2.45) is 7.05 Å².